The van der Waals surface area contributed by atoms with E-state index in [1.165, 1.54) is 6.07 Å². The number of nitrogens with one attached hydrogen (secondary N) is 1. The van der Waals surface area contributed by atoms with Gasteiger partial charge in [0, 0.05) is 6.54 Å². The van der Waals surface area contributed by atoms with Gasteiger partial charge in [0.2, 0.25) is 0 Å². The van der Waals surface area contributed by atoms with Crippen LogP contribution in [-0.4, -0.2) is 23.7 Å². The Bertz CT molecular complexity index is 453. The molecule has 0 unspecified atom stereocenters. The van der Waals surface area contributed by atoms with Gasteiger partial charge in [0.25, 0.3) is 5.91 Å². The molecule has 1 aliphatic carbocycles. The van der Waals surface area contributed by atoms with Gasteiger partial charge in [-0.3, -0.25) is 4.79 Å². The van der Waals surface area contributed by atoms with Crippen molar-refractivity contribution in [2.24, 2.45) is 5.92 Å². The molecule has 0 aromatic heterocycles. The van der Waals surface area contributed by atoms with Gasteiger partial charge >= 0.3 is 0 Å². The normalized spacial score (nSPS) is 23.1. The van der Waals surface area contributed by atoms with E-state index in [1.54, 1.807) is 12.1 Å². The van der Waals surface area contributed by atoms with Crippen LogP contribution >= 0.6 is 15.9 Å². The zero-order valence-corrected chi connectivity index (χ0v) is 11.4. The second-order valence-electron chi connectivity index (χ2n) is 4.64. The smallest absolute Gasteiger partial charge is 0.254 e. The van der Waals surface area contributed by atoms with Gasteiger partial charge in [0.15, 0.2) is 0 Å². The SMILES string of the molecule is O=C(NC[C@H]1CC[C@H](O)C1)c1cccc(Br)c1F. The van der Waals surface area contributed by atoms with Crippen molar-refractivity contribution in [1.29, 1.82) is 0 Å². The van der Waals surface area contributed by atoms with Gasteiger partial charge in [-0.2, -0.15) is 0 Å². The van der Waals surface area contributed by atoms with E-state index in [0.717, 1.165) is 12.8 Å². The predicted molar refractivity (Wildman–Crippen MR) is 69.8 cm³/mol. The number of hydrogen-bond acceptors (Lipinski definition) is 2. The molecule has 0 saturated heterocycles. The summed E-state index contributed by atoms with van der Waals surface area (Å²) in [6.07, 6.45) is 2.14. The fraction of sp³-hybridized carbons (Fsp3) is 0.462. The first kappa shape index (κ1) is 13.5. The summed E-state index contributed by atoms with van der Waals surface area (Å²) in [6, 6.07) is 4.64. The number of benzene rings is 1. The molecule has 1 aromatic rings. The van der Waals surface area contributed by atoms with Gasteiger partial charge in [-0.25, -0.2) is 4.39 Å². The Hall–Kier alpha value is -0.940. The number of halogens is 2. The van der Waals surface area contributed by atoms with Crippen molar-refractivity contribution < 1.29 is 14.3 Å². The zero-order chi connectivity index (χ0) is 13.1. The maximum absolute atomic E-state index is 13.7. The molecule has 18 heavy (non-hydrogen) atoms. The molecule has 3 nitrogen and oxygen atoms in total. The molecule has 5 heteroatoms. The Balaban J connectivity index is 1.94. The second kappa shape index (κ2) is 5.80. The van der Waals surface area contributed by atoms with Crippen LogP contribution in [0.2, 0.25) is 0 Å². The minimum Gasteiger partial charge on any atom is -0.393 e. The molecule has 0 aliphatic heterocycles. The number of rotatable bonds is 3. The van der Waals surface area contributed by atoms with Crippen molar-refractivity contribution in [3.05, 3.63) is 34.1 Å². The number of hydrogen-bond donors (Lipinski definition) is 2. The summed E-state index contributed by atoms with van der Waals surface area (Å²) in [7, 11) is 0. The largest absolute Gasteiger partial charge is 0.393 e. The molecule has 2 rings (SSSR count). The number of carbonyl (C=O) groups excluding carboxylic acids is 1. The molecule has 98 valence electrons. The summed E-state index contributed by atoms with van der Waals surface area (Å²) >= 11 is 3.05. The van der Waals surface area contributed by atoms with Crippen LogP contribution in [-0.2, 0) is 0 Å². The third-order valence-corrected chi connectivity index (χ3v) is 3.87. The second-order valence-corrected chi connectivity index (χ2v) is 5.50. The topological polar surface area (TPSA) is 49.3 Å². The molecule has 1 saturated carbocycles. The van der Waals surface area contributed by atoms with Crippen molar-refractivity contribution in [3.8, 4) is 0 Å². The first-order chi connectivity index (χ1) is 8.58. The molecular formula is C13H15BrFNO2. The van der Waals surface area contributed by atoms with Crippen LogP contribution in [0.3, 0.4) is 0 Å². The van der Waals surface area contributed by atoms with Crippen LogP contribution in [0.1, 0.15) is 29.6 Å². The summed E-state index contributed by atoms with van der Waals surface area (Å²) in [5, 5.41) is 12.1. The van der Waals surface area contributed by atoms with E-state index >= 15 is 0 Å². The van der Waals surface area contributed by atoms with E-state index in [-0.39, 0.29) is 16.1 Å². The highest BCUT2D eigenvalue weighted by atomic mass is 79.9. The average Bonchev–Trinajstić information content (AvgIpc) is 2.76. The molecule has 1 fully saturated rings. The molecular weight excluding hydrogens is 301 g/mol. The van der Waals surface area contributed by atoms with E-state index in [9.17, 15) is 14.3 Å². The van der Waals surface area contributed by atoms with E-state index in [2.05, 4.69) is 21.2 Å². The van der Waals surface area contributed by atoms with Crippen molar-refractivity contribution in [2.45, 2.75) is 25.4 Å². The highest BCUT2D eigenvalue weighted by molar-refractivity contribution is 9.10. The molecule has 0 spiro atoms. The first-order valence-corrected chi connectivity index (χ1v) is 6.77. The minimum atomic E-state index is -0.540. The van der Waals surface area contributed by atoms with Crippen LogP contribution in [0.15, 0.2) is 22.7 Å². The molecule has 1 amide bonds. The van der Waals surface area contributed by atoms with Gasteiger partial charge in [0.05, 0.1) is 16.1 Å². The van der Waals surface area contributed by atoms with Crippen LogP contribution in [0.25, 0.3) is 0 Å². The van der Waals surface area contributed by atoms with Gasteiger partial charge < -0.3 is 10.4 Å². The standard InChI is InChI=1S/C13H15BrFNO2/c14-11-3-1-2-10(12(11)15)13(18)16-7-8-4-5-9(17)6-8/h1-3,8-9,17H,4-7H2,(H,16,18)/t8-,9-/m0/s1. The molecule has 0 bridgehead atoms. The lowest BCUT2D eigenvalue weighted by Gasteiger charge is -2.11. The fourth-order valence-corrected chi connectivity index (χ4v) is 2.61. The Kier molecular flexibility index (Phi) is 4.35. The van der Waals surface area contributed by atoms with Crippen LogP contribution in [0, 0.1) is 11.7 Å². The molecule has 0 radical (unpaired) electrons. The summed E-state index contributed by atoms with van der Waals surface area (Å²) in [5.41, 5.74) is 0.0444. The van der Waals surface area contributed by atoms with Crippen LogP contribution < -0.4 is 5.32 Å². The summed E-state index contributed by atoms with van der Waals surface area (Å²) in [4.78, 5) is 11.8. The minimum absolute atomic E-state index is 0.0444. The van der Waals surface area contributed by atoms with Gasteiger partial charge in [-0.15, -0.1) is 0 Å². The lowest BCUT2D eigenvalue weighted by atomic mass is 10.1. The Morgan fingerprint density at radius 3 is 2.94 bits per heavy atom. The van der Waals surface area contributed by atoms with Crippen molar-refractivity contribution in [2.75, 3.05) is 6.54 Å². The van der Waals surface area contributed by atoms with Crippen molar-refractivity contribution in [3.63, 3.8) is 0 Å². The lowest BCUT2D eigenvalue weighted by molar-refractivity contribution is 0.0941. The number of aliphatic hydroxyl groups is 1. The quantitative estimate of drug-likeness (QED) is 0.900. The van der Waals surface area contributed by atoms with Gasteiger partial charge in [-0.05, 0) is 53.2 Å². The number of carbonyl (C=O) groups is 1. The molecule has 1 aromatic carbocycles. The fourth-order valence-electron chi connectivity index (χ4n) is 2.25. The van der Waals surface area contributed by atoms with E-state index in [4.69, 9.17) is 0 Å². The predicted octanol–water partition coefficient (Wildman–Crippen LogP) is 2.48. The maximum atomic E-state index is 13.7. The summed E-state index contributed by atoms with van der Waals surface area (Å²) < 4.78 is 14.0. The van der Waals surface area contributed by atoms with Gasteiger partial charge in [0.1, 0.15) is 5.82 Å². The number of aliphatic hydroxyl groups excluding tert-OH is 1. The summed E-state index contributed by atoms with van der Waals surface area (Å²) in [5.74, 6) is -0.657. The highest BCUT2D eigenvalue weighted by Gasteiger charge is 2.23. The average molecular weight is 316 g/mol. The zero-order valence-electron chi connectivity index (χ0n) is 9.83. The third-order valence-electron chi connectivity index (χ3n) is 3.26. The molecule has 2 N–H and O–H groups in total. The Labute approximate surface area is 114 Å². The highest BCUT2D eigenvalue weighted by Crippen LogP contribution is 2.25. The molecule has 2 atom stereocenters. The number of amides is 1. The van der Waals surface area contributed by atoms with E-state index in [0.29, 0.717) is 18.9 Å². The maximum Gasteiger partial charge on any atom is 0.254 e. The van der Waals surface area contributed by atoms with Crippen molar-refractivity contribution in [1.82, 2.24) is 5.32 Å². The monoisotopic (exact) mass is 315 g/mol. The molecule has 0 heterocycles. The Morgan fingerprint density at radius 2 is 2.28 bits per heavy atom. The van der Waals surface area contributed by atoms with Gasteiger partial charge in [-0.1, -0.05) is 6.07 Å². The first-order valence-electron chi connectivity index (χ1n) is 5.98. The van der Waals surface area contributed by atoms with Crippen molar-refractivity contribution >= 4 is 21.8 Å². The lowest BCUT2D eigenvalue weighted by Crippen LogP contribution is -2.29. The third kappa shape index (κ3) is 3.09. The molecule has 1 aliphatic rings. The van der Waals surface area contributed by atoms with E-state index in [1.807, 2.05) is 0 Å². The van der Waals surface area contributed by atoms with E-state index < -0.39 is 11.7 Å². The Morgan fingerprint density at radius 1 is 1.50 bits per heavy atom. The van der Waals surface area contributed by atoms with Crippen LogP contribution in [0.4, 0.5) is 4.39 Å². The van der Waals surface area contributed by atoms with Crippen LogP contribution in [0.5, 0.6) is 0 Å². The summed E-state index contributed by atoms with van der Waals surface area (Å²) in [6.45, 7) is 0.488.